The van der Waals surface area contributed by atoms with Gasteiger partial charge in [0.2, 0.25) is 0 Å². The van der Waals surface area contributed by atoms with E-state index in [4.69, 9.17) is 5.26 Å². The zero-order valence-electron chi connectivity index (χ0n) is 10.7. The monoisotopic (exact) mass is 228 g/mol. The Morgan fingerprint density at radius 1 is 1.24 bits per heavy atom. The molecule has 1 aromatic carbocycles. The van der Waals surface area contributed by atoms with Crippen LogP contribution in [0.4, 0.5) is 5.69 Å². The third-order valence-electron chi connectivity index (χ3n) is 3.67. The second kappa shape index (κ2) is 5.23. The molecule has 0 spiro atoms. The molecule has 1 fully saturated rings. The van der Waals surface area contributed by atoms with Gasteiger partial charge in [0, 0.05) is 6.04 Å². The van der Waals surface area contributed by atoms with Crippen molar-refractivity contribution in [1.29, 1.82) is 5.26 Å². The number of benzene rings is 1. The second-order valence-electron chi connectivity index (χ2n) is 5.26. The van der Waals surface area contributed by atoms with Crippen LogP contribution < -0.4 is 5.32 Å². The number of hydrogen-bond acceptors (Lipinski definition) is 2. The van der Waals surface area contributed by atoms with Crippen molar-refractivity contribution >= 4 is 5.69 Å². The first-order valence-corrected chi connectivity index (χ1v) is 6.46. The molecule has 0 bridgehead atoms. The maximum atomic E-state index is 9.12. The van der Waals surface area contributed by atoms with Crippen molar-refractivity contribution in [3.05, 3.63) is 29.3 Å². The zero-order valence-corrected chi connectivity index (χ0v) is 10.7. The predicted molar refractivity (Wildman–Crippen MR) is 70.9 cm³/mol. The number of nitrogens with one attached hydrogen (secondary N) is 1. The van der Waals surface area contributed by atoms with Gasteiger partial charge in [0.1, 0.15) is 6.07 Å². The van der Waals surface area contributed by atoms with Gasteiger partial charge < -0.3 is 5.32 Å². The van der Waals surface area contributed by atoms with E-state index in [1.165, 1.54) is 25.7 Å². The molecule has 0 radical (unpaired) electrons. The summed E-state index contributed by atoms with van der Waals surface area (Å²) in [5.74, 6) is 0.863. The van der Waals surface area contributed by atoms with Crippen molar-refractivity contribution in [3.8, 4) is 6.07 Å². The minimum Gasteiger partial charge on any atom is -0.381 e. The highest BCUT2D eigenvalue weighted by molar-refractivity contribution is 5.59. The summed E-state index contributed by atoms with van der Waals surface area (Å²) in [6, 6.07) is 8.86. The van der Waals surface area contributed by atoms with Gasteiger partial charge >= 0.3 is 0 Å². The SMILES string of the molecule is Cc1ccc(NC2CCC(C)CC2)c(C#N)c1. The fourth-order valence-corrected chi connectivity index (χ4v) is 2.50. The van der Waals surface area contributed by atoms with E-state index in [2.05, 4.69) is 24.4 Å². The normalized spacial score (nSPS) is 24.1. The Morgan fingerprint density at radius 2 is 1.94 bits per heavy atom. The summed E-state index contributed by atoms with van der Waals surface area (Å²) in [6.07, 6.45) is 5.04. The van der Waals surface area contributed by atoms with Crippen LogP contribution in [0.3, 0.4) is 0 Å². The van der Waals surface area contributed by atoms with Crippen LogP contribution in [0.15, 0.2) is 18.2 Å². The van der Waals surface area contributed by atoms with Gasteiger partial charge in [-0.15, -0.1) is 0 Å². The van der Waals surface area contributed by atoms with Gasteiger partial charge in [-0.25, -0.2) is 0 Å². The van der Waals surface area contributed by atoms with E-state index < -0.39 is 0 Å². The van der Waals surface area contributed by atoms with Gasteiger partial charge in [-0.3, -0.25) is 0 Å². The van der Waals surface area contributed by atoms with Crippen molar-refractivity contribution in [2.24, 2.45) is 5.92 Å². The summed E-state index contributed by atoms with van der Waals surface area (Å²) in [6.45, 7) is 4.34. The van der Waals surface area contributed by atoms with Crippen LogP contribution in [0, 0.1) is 24.2 Å². The van der Waals surface area contributed by atoms with Crippen molar-refractivity contribution in [2.45, 2.75) is 45.6 Å². The van der Waals surface area contributed by atoms with E-state index in [-0.39, 0.29) is 0 Å². The van der Waals surface area contributed by atoms with Gasteiger partial charge in [-0.2, -0.15) is 5.26 Å². The molecule has 0 amide bonds. The lowest BCUT2D eigenvalue weighted by Gasteiger charge is -2.28. The van der Waals surface area contributed by atoms with Gasteiger partial charge in [0.05, 0.1) is 11.3 Å². The average molecular weight is 228 g/mol. The van der Waals surface area contributed by atoms with Crippen molar-refractivity contribution in [2.75, 3.05) is 5.32 Å². The van der Waals surface area contributed by atoms with Crippen LogP contribution in [0.5, 0.6) is 0 Å². The number of nitriles is 1. The summed E-state index contributed by atoms with van der Waals surface area (Å²) in [7, 11) is 0. The molecule has 0 aromatic heterocycles. The number of aryl methyl sites for hydroxylation is 1. The Labute approximate surface area is 104 Å². The molecule has 2 nitrogen and oxygen atoms in total. The Morgan fingerprint density at radius 3 is 2.59 bits per heavy atom. The lowest BCUT2D eigenvalue weighted by molar-refractivity contribution is 0.361. The topological polar surface area (TPSA) is 35.8 Å². The Balaban J connectivity index is 2.06. The van der Waals surface area contributed by atoms with E-state index in [9.17, 15) is 0 Å². The number of rotatable bonds is 2. The standard InChI is InChI=1S/C15H20N2/c1-11-3-6-14(7-4-11)17-15-8-5-12(2)9-13(15)10-16/h5,8-9,11,14,17H,3-4,6-7H2,1-2H3. The fraction of sp³-hybridized carbons (Fsp3) is 0.533. The quantitative estimate of drug-likeness (QED) is 0.834. The highest BCUT2D eigenvalue weighted by Crippen LogP contribution is 2.27. The molecule has 1 N–H and O–H groups in total. The first kappa shape index (κ1) is 12.0. The number of hydrogen-bond donors (Lipinski definition) is 1. The van der Waals surface area contributed by atoms with Crippen LogP contribution >= 0.6 is 0 Å². The Bertz CT molecular complexity index is 423. The minimum atomic E-state index is 0.543. The molecule has 1 aromatic rings. The summed E-state index contributed by atoms with van der Waals surface area (Å²) < 4.78 is 0. The van der Waals surface area contributed by atoms with Crippen LogP contribution in [0.2, 0.25) is 0 Å². The highest BCUT2D eigenvalue weighted by Gasteiger charge is 2.18. The Hall–Kier alpha value is -1.49. The molecular formula is C15H20N2. The zero-order chi connectivity index (χ0) is 12.3. The summed E-state index contributed by atoms with van der Waals surface area (Å²) >= 11 is 0. The van der Waals surface area contributed by atoms with Crippen LogP contribution in [0.25, 0.3) is 0 Å². The lowest BCUT2D eigenvalue weighted by Crippen LogP contribution is -2.25. The summed E-state index contributed by atoms with van der Waals surface area (Å²) in [5.41, 5.74) is 2.91. The highest BCUT2D eigenvalue weighted by atomic mass is 14.9. The van der Waals surface area contributed by atoms with E-state index >= 15 is 0 Å². The molecule has 0 aliphatic heterocycles. The van der Waals surface area contributed by atoms with E-state index in [1.54, 1.807) is 0 Å². The molecule has 2 heteroatoms. The Kier molecular flexibility index (Phi) is 3.68. The van der Waals surface area contributed by atoms with Crippen molar-refractivity contribution < 1.29 is 0 Å². The number of nitrogens with zero attached hydrogens (tertiary/aromatic N) is 1. The maximum absolute atomic E-state index is 9.12. The van der Waals surface area contributed by atoms with E-state index in [0.29, 0.717) is 6.04 Å². The molecule has 0 atom stereocenters. The molecule has 17 heavy (non-hydrogen) atoms. The second-order valence-corrected chi connectivity index (χ2v) is 5.26. The third kappa shape index (κ3) is 3.00. The van der Waals surface area contributed by atoms with Gasteiger partial charge in [-0.1, -0.05) is 13.0 Å². The molecule has 90 valence electrons. The van der Waals surface area contributed by atoms with Gasteiger partial charge in [0.25, 0.3) is 0 Å². The van der Waals surface area contributed by atoms with E-state index in [1.807, 2.05) is 19.1 Å². The fourth-order valence-electron chi connectivity index (χ4n) is 2.50. The molecule has 0 heterocycles. The average Bonchev–Trinajstić information content (AvgIpc) is 2.34. The molecule has 0 saturated heterocycles. The molecule has 1 aliphatic rings. The third-order valence-corrected chi connectivity index (χ3v) is 3.67. The summed E-state index contributed by atoms with van der Waals surface area (Å²) in [5, 5.41) is 12.7. The first-order chi connectivity index (χ1) is 8.19. The molecule has 1 saturated carbocycles. The molecule has 1 aliphatic carbocycles. The van der Waals surface area contributed by atoms with Gasteiger partial charge in [-0.05, 0) is 56.2 Å². The maximum Gasteiger partial charge on any atom is 0.101 e. The predicted octanol–water partition coefficient (Wildman–Crippen LogP) is 3.86. The number of anilines is 1. The van der Waals surface area contributed by atoms with Crippen LogP contribution in [-0.2, 0) is 0 Å². The van der Waals surface area contributed by atoms with Crippen LogP contribution in [-0.4, -0.2) is 6.04 Å². The van der Waals surface area contributed by atoms with E-state index in [0.717, 1.165) is 22.7 Å². The molecular weight excluding hydrogens is 208 g/mol. The van der Waals surface area contributed by atoms with Crippen molar-refractivity contribution in [3.63, 3.8) is 0 Å². The van der Waals surface area contributed by atoms with Crippen molar-refractivity contribution in [1.82, 2.24) is 0 Å². The molecule has 0 unspecified atom stereocenters. The minimum absolute atomic E-state index is 0.543. The summed E-state index contributed by atoms with van der Waals surface area (Å²) in [4.78, 5) is 0. The largest absolute Gasteiger partial charge is 0.381 e. The van der Waals surface area contributed by atoms with Gasteiger partial charge in [0.15, 0.2) is 0 Å². The molecule has 2 rings (SSSR count). The smallest absolute Gasteiger partial charge is 0.101 e. The first-order valence-electron chi connectivity index (χ1n) is 6.46. The lowest BCUT2D eigenvalue weighted by atomic mass is 9.87. The van der Waals surface area contributed by atoms with Crippen LogP contribution in [0.1, 0.15) is 43.7 Å².